The van der Waals surface area contributed by atoms with Gasteiger partial charge in [-0.05, 0) is 13.8 Å². The first-order chi connectivity index (χ1) is 12.4. The van der Waals surface area contributed by atoms with Crippen LogP contribution in [-0.2, 0) is 24.0 Å². The summed E-state index contributed by atoms with van der Waals surface area (Å²) in [6, 6.07) is -4.45. The lowest BCUT2D eigenvalue weighted by molar-refractivity contribution is -0.145. The second-order valence-corrected chi connectivity index (χ2v) is 5.85. The van der Waals surface area contributed by atoms with E-state index in [1.165, 1.54) is 6.92 Å². The van der Waals surface area contributed by atoms with Crippen molar-refractivity contribution in [3.05, 3.63) is 0 Å². The maximum atomic E-state index is 12.1. The minimum Gasteiger partial charge on any atom is -0.480 e. The third-order valence-electron chi connectivity index (χ3n) is 3.31. The number of hydrogen-bond donors (Lipinski definition) is 8. The largest absolute Gasteiger partial charge is 0.480 e. The van der Waals surface area contributed by atoms with Gasteiger partial charge in [-0.25, -0.2) is 4.79 Å². The predicted molar refractivity (Wildman–Crippen MR) is 89.7 cm³/mol. The standard InChI is InChI=1S/C14H25N5O8/c1-5(20)10(13(25)19-11(6(2)21)14(26)27)18-9(23)4-17-12(24)7(15)3-8(16)22/h5-7,10-11,20-21H,3-4,15H2,1-2H3,(H2,16,22)(H,17,24)(H,18,23)(H,19,25)(H,26,27). The summed E-state index contributed by atoms with van der Waals surface area (Å²) in [7, 11) is 0. The van der Waals surface area contributed by atoms with Crippen LogP contribution in [0.3, 0.4) is 0 Å². The Bertz CT molecular complexity index is 580. The van der Waals surface area contributed by atoms with E-state index in [4.69, 9.17) is 16.6 Å². The molecule has 0 aliphatic carbocycles. The molecule has 0 aliphatic rings. The van der Waals surface area contributed by atoms with E-state index in [1.54, 1.807) is 0 Å². The first kappa shape index (κ1) is 24.2. The average molecular weight is 391 g/mol. The highest BCUT2D eigenvalue weighted by molar-refractivity contribution is 5.93. The van der Waals surface area contributed by atoms with Gasteiger partial charge in [-0.2, -0.15) is 0 Å². The minimum atomic E-state index is -1.65. The van der Waals surface area contributed by atoms with Gasteiger partial charge in [0.25, 0.3) is 0 Å². The van der Waals surface area contributed by atoms with Crippen LogP contribution in [0.1, 0.15) is 20.3 Å². The quantitative estimate of drug-likeness (QED) is 0.168. The number of aliphatic carboxylic acids is 1. The van der Waals surface area contributed by atoms with Gasteiger partial charge in [0.05, 0.1) is 31.2 Å². The average Bonchev–Trinajstić information content (AvgIpc) is 2.53. The number of hydrogen-bond acceptors (Lipinski definition) is 8. The van der Waals surface area contributed by atoms with E-state index in [2.05, 4.69) is 10.6 Å². The summed E-state index contributed by atoms with van der Waals surface area (Å²) in [6.45, 7) is 1.68. The van der Waals surface area contributed by atoms with Crippen molar-refractivity contribution in [2.75, 3.05) is 6.54 Å². The molecule has 0 radical (unpaired) electrons. The van der Waals surface area contributed by atoms with Crippen molar-refractivity contribution in [2.24, 2.45) is 11.5 Å². The van der Waals surface area contributed by atoms with Crippen LogP contribution in [0.5, 0.6) is 0 Å². The topological polar surface area (TPSA) is 234 Å². The highest BCUT2D eigenvalue weighted by Crippen LogP contribution is 1.99. The molecular formula is C14H25N5O8. The van der Waals surface area contributed by atoms with Crippen LogP contribution in [0.25, 0.3) is 0 Å². The molecule has 0 saturated carbocycles. The van der Waals surface area contributed by atoms with Gasteiger partial charge in [-0.1, -0.05) is 0 Å². The number of aliphatic hydroxyl groups excluding tert-OH is 2. The monoisotopic (exact) mass is 391 g/mol. The predicted octanol–water partition coefficient (Wildman–Crippen LogP) is -4.88. The van der Waals surface area contributed by atoms with Crippen LogP contribution in [0.4, 0.5) is 0 Å². The molecule has 5 unspecified atom stereocenters. The number of aliphatic hydroxyl groups is 2. The van der Waals surface area contributed by atoms with Gasteiger partial charge in [0, 0.05) is 0 Å². The van der Waals surface area contributed by atoms with Crippen molar-refractivity contribution >= 4 is 29.6 Å². The highest BCUT2D eigenvalue weighted by atomic mass is 16.4. The SMILES string of the molecule is CC(O)C(NC(=O)C(NC(=O)CNC(=O)C(N)CC(N)=O)C(C)O)C(=O)O. The molecule has 154 valence electrons. The lowest BCUT2D eigenvalue weighted by atomic mass is 10.1. The smallest absolute Gasteiger partial charge is 0.328 e. The Morgan fingerprint density at radius 1 is 0.926 bits per heavy atom. The second kappa shape index (κ2) is 11.1. The van der Waals surface area contributed by atoms with Crippen LogP contribution < -0.4 is 27.4 Å². The molecule has 5 atom stereocenters. The van der Waals surface area contributed by atoms with E-state index in [9.17, 15) is 34.2 Å². The number of carbonyl (C=O) groups excluding carboxylic acids is 4. The fraction of sp³-hybridized carbons (Fsp3) is 0.643. The first-order valence-electron chi connectivity index (χ1n) is 7.87. The zero-order valence-electron chi connectivity index (χ0n) is 14.8. The fourth-order valence-corrected chi connectivity index (χ4v) is 1.87. The van der Waals surface area contributed by atoms with E-state index < -0.39 is 72.9 Å². The number of nitrogens with two attached hydrogens (primary N) is 2. The number of amides is 4. The Morgan fingerprint density at radius 3 is 1.85 bits per heavy atom. The molecule has 0 aromatic heterocycles. The second-order valence-electron chi connectivity index (χ2n) is 5.85. The summed E-state index contributed by atoms with van der Waals surface area (Å²) in [6.07, 6.45) is -3.27. The molecular weight excluding hydrogens is 366 g/mol. The summed E-state index contributed by atoms with van der Waals surface area (Å²) in [4.78, 5) is 57.2. The summed E-state index contributed by atoms with van der Waals surface area (Å²) in [5.74, 6) is -5.09. The zero-order valence-corrected chi connectivity index (χ0v) is 14.8. The fourth-order valence-electron chi connectivity index (χ4n) is 1.87. The van der Waals surface area contributed by atoms with Crippen LogP contribution in [0.2, 0.25) is 0 Å². The van der Waals surface area contributed by atoms with Gasteiger partial charge in [-0.15, -0.1) is 0 Å². The van der Waals surface area contributed by atoms with E-state index in [1.807, 2.05) is 5.32 Å². The molecule has 0 fully saturated rings. The normalized spacial score (nSPS) is 16.2. The Morgan fingerprint density at radius 2 is 1.44 bits per heavy atom. The molecule has 0 aromatic carbocycles. The van der Waals surface area contributed by atoms with Crippen molar-refractivity contribution in [1.29, 1.82) is 0 Å². The molecule has 0 spiro atoms. The molecule has 0 aromatic rings. The zero-order chi connectivity index (χ0) is 21.3. The van der Waals surface area contributed by atoms with Crippen molar-refractivity contribution in [2.45, 2.75) is 50.6 Å². The third kappa shape index (κ3) is 8.94. The Balaban J connectivity index is 4.79. The molecule has 27 heavy (non-hydrogen) atoms. The van der Waals surface area contributed by atoms with Crippen LogP contribution in [-0.4, -0.2) is 81.8 Å². The van der Waals surface area contributed by atoms with Gasteiger partial charge in [0.1, 0.15) is 6.04 Å². The minimum absolute atomic E-state index is 0.428. The maximum absolute atomic E-state index is 12.1. The summed E-state index contributed by atoms with van der Waals surface area (Å²) in [5.41, 5.74) is 10.3. The molecule has 10 N–H and O–H groups in total. The van der Waals surface area contributed by atoms with Gasteiger partial charge in [-0.3, -0.25) is 19.2 Å². The van der Waals surface area contributed by atoms with E-state index in [0.717, 1.165) is 6.92 Å². The summed E-state index contributed by atoms with van der Waals surface area (Å²) >= 11 is 0. The molecule has 0 saturated heterocycles. The number of nitrogens with one attached hydrogen (secondary N) is 3. The lowest BCUT2D eigenvalue weighted by Gasteiger charge is -2.24. The molecule has 13 nitrogen and oxygen atoms in total. The van der Waals surface area contributed by atoms with Crippen LogP contribution in [0, 0.1) is 0 Å². The number of carboxylic acid groups (broad SMARTS) is 1. The summed E-state index contributed by atoms with van der Waals surface area (Å²) < 4.78 is 0. The van der Waals surface area contributed by atoms with E-state index in [-0.39, 0.29) is 0 Å². The van der Waals surface area contributed by atoms with E-state index >= 15 is 0 Å². The molecule has 0 aliphatic heterocycles. The molecule has 13 heteroatoms. The molecule has 4 amide bonds. The van der Waals surface area contributed by atoms with Crippen LogP contribution in [0.15, 0.2) is 0 Å². The molecule has 0 rings (SSSR count). The summed E-state index contributed by atoms with van der Waals surface area (Å²) in [5, 5.41) is 34.1. The number of rotatable bonds is 11. The number of carboxylic acids is 1. The molecule has 0 bridgehead atoms. The van der Waals surface area contributed by atoms with Crippen molar-refractivity contribution in [3.63, 3.8) is 0 Å². The number of primary amides is 1. The lowest BCUT2D eigenvalue weighted by Crippen LogP contribution is -2.59. The Kier molecular flexibility index (Phi) is 9.92. The van der Waals surface area contributed by atoms with E-state index in [0.29, 0.717) is 0 Å². The Hall–Kier alpha value is -2.77. The van der Waals surface area contributed by atoms with Gasteiger partial charge in [0.15, 0.2) is 6.04 Å². The van der Waals surface area contributed by atoms with Crippen molar-refractivity contribution < 1.29 is 39.3 Å². The van der Waals surface area contributed by atoms with Crippen molar-refractivity contribution in [1.82, 2.24) is 16.0 Å². The maximum Gasteiger partial charge on any atom is 0.328 e. The van der Waals surface area contributed by atoms with Gasteiger partial charge >= 0.3 is 5.97 Å². The highest BCUT2D eigenvalue weighted by Gasteiger charge is 2.31. The molecule has 0 heterocycles. The van der Waals surface area contributed by atoms with Gasteiger partial charge in [0.2, 0.25) is 23.6 Å². The van der Waals surface area contributed by atoms with Crippen LogP contribution >= 0.6 is 0 Å². The number of carbonyl (C=O) groups is 5. The third-order valence-corrected chi connectivity index (χ3v) is 3.31. The first-order valence-corrected chi connectivity index (χ1v) is 7.87. The van der Waals surface area contributed by atoms with Crippen molar-refractivity contribution in [3.8, 4) is 0 Å². The van der Waals surface area contributed by atoms with Gasteiger partial charge < -0.3 is 42.7 Å². The Labute approximate surface area is 154 Å².